The fraction of sp³-hybridized carbons (Fsp3) is 0.176. The zero-order valence-electron chi connectivity index (χ0n) is 11.3. The van der Waals surface area contributed by atoms with E-state index in [0.717, 1.165) is 17.6 Å². The number of fused-ring (bicyclic) bond motifs is 1. The Labute approximate surface area is 123 Å². The van der Waals surface area contributed by atoms with Gasteiger partial charge in [-0.1, -0.05) is 53.6 Å². The van der Waals surface area contributed by atoms with Gasteiger partial charge in [0.25, 0.3) is 0 Å². The molecule has 0 spiro atoms. The van der Waals surface area contributed by atoms with E-state index in [1.807, 2.05) is 30.3 Å². The fourth-order valence-electron chi connectivity index (χ4n) is 2.42. The summed E-state index contributed by atoms with van der Waals surface area (Å²) < 4.78 is 5.81. The summed E-state index contributed by atoms with van der Waals surface area (Å²) in [6, 6.07) is 15.9. The van der Waals surface area contributed by atoms with Crippen molar-refractivity contribution < 1.29 is 4.42 Å². The summed E-state index contributed by atoms with van der Waals surface area (Å²) in [5, 5.41) is 1.61. The molecule has 3 heteroatoms. The summed E-state index contributed by atoms with van der Waals surface area (Å²) in [6.07, 6.45) is 0.749. The second-order valence-electron chi connectivity index (χ2n) is 5.11. The average molecular weight is 286 g/mol. The number of halogens is 1. The van der Waals surface area contributed by atoms with Gasteiger partial charge in [0.2, 0.25) is 0 Å². The van der Waals surface area contributed by atoms with E-state index in [2.05, 4.69) is 25.1 Å². The molecule has 0 radical (unpaired) electrons. The van der Waals surface area contributed by atoms with Crippen LogP contribution in [0.3, 0.4) is 0 Å². The van der Waals surface area contributed by atoms with Crippen LogP contribution in [0.5, 0.6) is 0 Å². The smallest absolute Gasteiger partial charge is 0.152 e. The van der Waals surface area contributed by atoms with Crippen molar-refractivity contribution in [1.29, 1.82) is 0 Å². The lowest BCUT2D eigenvalue weighted by Crippen LogP contribution is -2.12. The van der Waals surface area contributed by atoms with E-state index >= 15 is 0 Å². The number of nitrogens with two attached hydrogens (primary N) is 1. The van der Waals surface area contributed by atoms with Crippen molar-refractivity contribution in [3.05, 3.63) is 70.4 Å². The SMILES string of the molecule is Cc1cccc(CC(N)c2cc3cccc(Cl)c3o2)c1. The number of hydrogen-bond donors (Lipinski definition) is 1. The van der Waals surface area contributed by atoms with Crippen LogP contribution in [-0.4, -0.2) is 0 Å². The third-order valence-electron chi connectivity index (χ3n) is 3.42. The normalized spacial score (nSPS) is 12.8. The Bertz CT molecular complexity index is 748. The van der Waals surface area contributed by atoms with Crippen LogP contribution in [0.15, 0.2) is 52.9 Å². The predicted molar refractivity (Wildman–Crippen MR) is 83.0 cm³/mol. The summed E-state index contributed by atoms with van der Waals surface area (Å²) >= 11 is 6.12. The maximum absolute atomic E-state index is 6.25. The highest BCUT2D eigenvalue weighted by Gasteiger charge is 2.14. The Morgan fingerprint density at radius 1 is 1.15 bits per heavy atom. The summed E-state index contributed by atoms with van der Waals surface area (Å²) in [7, 11) is 0. The van der Waals surface area contributed by atoms with Gasteiger partial charge in [-0.25, -0.2) is 0 Å². The number of aryl methyl sites for hydroxylation is 1. The van der Waals surface area contributed by atoms with Gasteiger partial charge in [0.1, 0.15) is 5.76 Å². The van der Waals surface area contributed by atoms with Crippen LogP contribution >= 0.6 is 11.6 Å². The third-order valence-corrected chi connectivity index (χ3v) is 3.72. The molecule has 2 aromatic carbocycles. The van der Waals surface area contributed by atoms with E-state index in [4.69, 9.17) is 21.8 Å². The Morgan fingerprint density at radius 2 is 1.95 bits per heavy atom. The monoisotopic (exact) mass is 285 g/mol. The molecule has 0 amide bonds. The van der Waals surface area contributed by atoms with Crippen molar-refractivity contribution >= 4 is 22.6 Å². The topological polar surface area (TPSA) is 39.2 Å². The molecule has 0 aliphatic carbocycles. The lowest BCUT2D eigenvalue weighted by molar-refractivity contribution is 0.494. The molecular weight excluding hydrogens is 270 g/mol. The lowest BCUT2D eigenvalue weighted by Gasteiger charge is -2.09. The first-order valence-corrected chi connectivity index (χ1v) is 7.00. The van der Waals surface area contributed by atoms with Gasteiger partial charge in [-0.15, -0.1) is 0 Å². The van der Waals surface area contributed by atoms with Crippen molar-refractivity contribution in [2.24, 2.45) is 5.73 Å². The summed E-state index contributed by atoms with van der Waals surface area (Å²) in [6.45, 7) is 2.08. The number of para-hydroxylation sites is 1. The second kappa shape index (κ2) is 5.31. The molecule has 1 unspecified atom stereocenters. The zero-order chi connectivity index (χ0) is 14.1. The molecule has 1 heterocycles. The number of hydrogen-bond acceptors (Lipinski definition) is 2. The van der Waals surface area contributed by atoms with Crippen molar-refractivity contribution in [2.75, 3.05) is 0 Å². The van der Waals surface area contributed by atoms with Crippen LogP contribution < -0.4 is 5.73 Å². The van der Waals surface area contributed by atoms with E-state index in [1.54, 1.807) is 0 Å². The molecule has 102 valence electrons. The van der Waals surface area contributed by atoms with Crippen LogP contribution in [0.25, 0.3) is 11.0 Å². The maximum atomic E-state index is 6.25. The van der Waals surface area contributed by atoms with Gasteiger partial charge in [0.15, 0.2) is 5.58 Å². The first-order chi connectivity index (χ1) is 9.63. The Hall–Kier alpha value is -1.77. The summed E-state index contributed by atoms with van der Waals surface area (Å²) in [4.78, 5) is 0. The Morgan fingerprint density at radius 3 is 2.70 bits per heavy atom. The highest BCUT2D eigenvalue weighted by atomic mass is 35.5. The van der Waals surface area contributed by atoms with Crippen LogP contribution in [-0.2, 0) is 6.42 Å². The van der Waals surface area contributed by atoms with Gasteiger partial charge < -0.3 is 10.2 Å². The maximum Gasteiger partial charge on any atom is 0.152 e. The number of furan rings is 1. The van der Waals surface area contributed by atoms with Crippen molar-refractivity contribution in [3.63, 3.8) is 0 Å². The molecule has 0 fully saturated rings. The van der Waals surface area contributed by atoms with Crippen molar-refractivity contribution in [3.8, 4) is 0 Å². The largest absolute Gasteiger partial charge is 0.458 e. The van der Waals surface area contributed by atoms with Gasteiger partial charge in [0.05, 0.1) is 11.1 Å². The molecule has 3 aromatic rings. The molecule has 2 N–H and O–H groups in total. The van der Waals surface area contributed by atoms with Gasteiger partial charge in [-0.3, -0.25) is 0 Å². The zero-order valence-corrected chi connectivity index (χ0v) is 12.0. The molecule has 0 aliphatic heterocycles. The summed E-state index contributed by atoms with van der Waals surface area (Å²) in [5.41, 5.74) is 9.42. The van der Waals surface area contributed by atoms with Crippen LogP contribution in [0, 0.1) is 6.92 Å². The molecule has 3 rings (SSSR count). The van der Waals surface area contributed by atoms with E-state index in [9.17, 15) is 0 Å². The highest BCUT2D eigenvalue weighted by Crippen LogP contribution is 2.29. The van der Waals surface area contributed by atoms with Crippen molar-refractivity contribution in [1.82, 2.24) is 0 Å². The molecule has 2 nitrogen and oxygen atoms in total. The quantitative estimate of drug-likeness (QED) is 0.761. The molecule has 1 atom stereocenters. The highest BCUT2D eigenvalue weighted by molar-refractivity contribution is 6.34. The Balaban J connectivity index is 1.89. The van der Waals surface area contributed by atoms with Gasteiger partial charge in [0, 0.05) is 5.39 Å². The van der Waals surface area contributed by atoms with E-state index < -0.39 is 0 Å². The number of benzene rings is 2. The fourth-order valence-corrected chi connectivity index (χ4v) is 2.64. The predicted octanol–water partition coefficient (Wildman–Crippen LogP) is 4.64. The van der Waals surface area contributed by atoms with E-state index in [0.29, 0.717) is 10.6 Å². The lowest BCUT2D eigenvalue weighted by atomic mass is 10.0. The first-order valence-electron chi connectivity index (χ1n) is 6.62. The number of rotatable bonds is 3. The van der Waals surface area contributed by atoms with Gasteiger partial charge in [-0.2, -0.15) is 0 Å². The molecule has 0 saturated carbocycles. The molecular formula is C17H16ClNO. The molecule has 1 aromatic heterocycles. The van der Waals surface area contributed by atoms with Crippen molar-refractivity contribution in [2.45, 2.75) is 19.4 Å². The molecule has 0 saturated heterocycles. The minimum absolute atomic E-state index is 0.166. The molecule has 0 aliphatic rings. The van der Waals surface area contributed by atoms with Crippen LogP contribution in [0.2, 0.25) is 5.02 Å². The second-order valence-corrected chi connectivity index (χ2v) is 5.51. The first kappa shape index (κ1) is 13.2. The standard InChI is InChI=1S/C17H16ClNO/c1-11-4-2-5-12(8-11)9-15(19)16-10-13-6-3-7-14(18)17(13)20-16/h2-8,10,15H,9,19H2,1H3. The summed E-state index contributed by atoms with van der Waals surface area (Å²) in [5.74, 6) is 0.773. The Kier molecular flexibility index (Phi) is 3.51. The average Bonchev–Trinajstić information content (AvgIpc) is 2.84. The van der Waals surface area contributed by atoms with E-state index in [1.165, 1.54) is 11.1 Å². The van der Waals surface area contributed by atoms with Gasteiger partial charge in [-0.05, 0) is 31.0 Å². The van der Waals surface area contributed by atoms with E-state index in [-0.39, 0.29) is 6.04 Å². The van der Waals surface area contributed by atoms with Crippen LogP contribution in [0.1, 0.15) is 22.9 Å². The molecule has 20 heavy (non-hydrogen) atoms. The molecule has 0 bridgehead atoms. The minimum atomic E-state index is -0.166. The minimum Gasteiger partial charge on any atom is -0.458 e. The van der Waals surface area contributed by atoms with Crippen LogP contribution in [0.4, 0.5) is 0 Å². The third kappa shape index (κ3) is 2.58. The van der Waals surface area contributed by atoms with Gasteiger partial charge >= 0.3 is 0 Å².